The van der Waals surface area contributed by atoms with Gasteiger partial charge in [-0.15, -0.1) is 0 Å². The average Bonchev–Trinajstić information content (AvgIpc) is 2.29. The highest BCUT2D eigenvalue weighted by molar-refractivity contribution is 6.17. The molecule has 2 N–H and O–H groups in total. The smallest absolute Gasteiger partial charge is 0.248 e. The lowest BCUT2D eigenvalue weighted by Crippen LogP contribution is -2.12. The van der Waals surface area contributed by atoms with Crippen molar-refractivity contribution >= 4 is 11.5 Å². The van der Waals surface area contributed by atoms with E-state index in [0.717, 1.165) is 0 Å². The topological polar surface area (TPSA) is 61.6 Å². The van der Waals surface area contributed by atoms with E-state index in [0.29, 0.717) is 24.5 Å². The standard InChI is InChI=1S/C12H15NO3/c1-9(12(13)14)10-4-3-5-11(8-10)16-7-6-15-2/h3-5,8H,1,6-7H2,2H3,(H2,13,14). The van der Waals surface area contributed by atoms with Crippen LogP contribution in [0.3, 0.4) is 0 Å². The zero-order chi connectivity index (χ0) is 12.0. The molecule has 0 saturated heterocycles. The van der Waals surface area contributed by atoms with E-state index in [2.05, 4.69) is 6.58 Å². The number of methoxy groups -OCH3 is 1. The van der Waals surface area contributed by atoms with Crippen LogP contribution in [-0.4, -0.2) is 26.2 Å². The minimum Gasteiger partial charge on any atom is -0.491 e. The summed E-state index contributed by atoms with van der Waals surface area (Å²) in [6, 6.07) is 7.07. The summed E-state index contributed by atoms with van der Waals surface area (Å²) in [5.74, 6) is 0.131. The van der Waals surface area contributed by atoms with E-state index in [1.54, 1.807) is 31.4 Å². The van der Waals surface area contributed by atoms with Crippen LogP contribution >= 0.6 is 0 Å². The van der Waals surface area contributed by atoms with Crippen LogP contribution in [0.5, 0.6) is 5.75 Å². The quantitative estimate of drug-likeness (QED) is 0.580. The summed E-state index contributed by atoms with van der Waals surface area (Å²) in [6.07, 6.45) is 0. The van der Waals surface area contributed by atoms with Crippen molar-refractivity contribution in [1.82, 2.24) is 0 Å². The normalized spacial score (nSPS) is 9.81. The zero-order valence-corrected chi connectivity index (χ0v) is 9.23. The summed E-state index contributed by atoms with van der Waals surface area (Å²) in [7, 11) is 1.61. The molecule has 0 radical (unpaired) electrons. The summed E-state index contributed by atoms with van der Waals surface area (Å²) in [5.41, 5.74) is 6.08. The van der Waals surface area contributed by atoms with Gasteiger partial charge in [-0.25, -0.2) is 0 Å². The van der Waals surface area contributed by atoms with Crippen molar-refractivity contribution < 1.29 is 14.3 Å². The number of carbonyl (C=O) groups excluding carboxylic acids is 1. The number of primary amides is 1. The summed E-state index contributed by atoms with van der Waals surface area (Å²) < 4.78 is 10.3. The van der Waals surface area contributed by atoms with Crippen molar-refractivity contribution in [2.45, 2.75) is 0 Å². The van der Waals surface area contributed by atoms with Crippen LogP contribution in [0.15, 0.2) is 30.8 Å². The van der Waals surface area contributed by atoms with Gasteiger partial charge in [0.05, 0.1) is 6.61 Å². The Morgan fingerprint density at radius 2 is 2.19 bits per heavy atom. The van der Waals surface area contributed by atoms with Crippen molar-refractivity contribution in [2.75, 3.05) is 20.3 Å². The number of rotatable bonds is 6. The maximum absolute atomic E-state index is 10.9. The maximum atomic E-state index is 10.9. The molecule has 0 fully saturated rings. The van der Waals surface area contributed by atoms with E-state index in [1.807, 2.05) is 0 Å². The van der Waals surface area contributed by atoms with Gasteiger partial charge in [-0.3, -0.25) is 4.79 Å². The Hall–Kier alpha value is -1.81. The Labute approximate surface area is 94.7 Å². The Kier molecular flexibility index (Phi) is 4.54. The summed E-state index contributed by atoms with van der Waals surface area (Å²) >= 11 is 0. The number of hydrogen-bond donors (Lipinski definition) is 1. The molecule has 0 atom stereocenters. The van der Waals surface area contributed by atoms with Crippen LogP contribution in [0.2, 0.25) is 0 Å². The highest BCUT2D eigenvalue weighted by Gasteiger charge is 2.05. The SMILES string of the molecule is C=C(C(N)=O)c1cccc(OCCOC)c1. The van der Waals surface area contributed by atoms with Gasteiger partial charge in [0, 0.05) is 12.7 Å². The molecule has 0 spiro atoms. The third-order valence-corrected chi connectivity index (χ3v) is 2.04. The van der Waals surface area contributed by atoms with E-state index in [4.69, 9.17) is 15.2 Å². The second-order valence-corrected chi connectivity index (χ2v) is 3.21. The molecule has 4 nitrogen and oxygen atoms in total. The van der Waals surface area contributed by atoms with Crippen molar-refractivity contribution in [3.05, 3.63) is 36.4 Å². The van der Waals surface area contributed by atoms with E-state index in [-0.39, 0.29) is 5.57 Å². The molecule has 16 heavy (non-hydrogen) atoms. The highest BCUT2D eigenvalue weighted by atomic mass is 16.5. The molecule has 0 unspecified atom stereocenters. The Balaban J connectivity index is 2.71. The van der Waals surface area contributed by atoms with Gasteiger partial charge in [-0.1, -0.05) is 18.7 Å². The van der Waals surface area contributed by atoms with Crippen LogP contribution < -0.4 is 10.5 Å². The second-order valence-electron chi connectivity index (χ2n) is 3.21. The summed E-state index contributed by atoms with van der Waals surface area (Å²) in [4.78, 5) is 10.9. The number of benzene rings is 1. The van der Waals surface area contributed by atoms with E-state index in [1.165, 1.54) is 0 Å². The molecular formula is C12H15NO3. The lowest BCUT2D eigenvalue weighted by atomic mass is 10.1. The molecular weight excluding hydrogens is 206 g/mol. The minimum absolute atomic E-state index is 0.275. The first-order chi connectivity index (χ1) is 7.65. The van der Waals surface area contributed by atoms with Crippen molar-refractivity contribution in [3.8, 4) is 5.75 Å². The number of nitrogens with two attached hydrogens (primary N) is 1. The average molecular weight is 221 g/mol. The van der Waals surface area contributed by atoms with Crippen molar-refractivity contribution in [3.63, 3.8) is 0 Å². The van der Waals surface area contributed by atoms with Gasteiger partial charge in [0.1, 0.15) is 12.4 Å². The maximum Gasteiger partial charge on any atom is 0.248 e. The molecule has 0 aliphatic rings. The summed E-state index contributed by atoms with van der Waals surface area (Å²) in [6.45, 7) is 4.58. The zero-order valence-electron chi connectivity index (χ0n) is 9.23. The number of hydrogen-bond acceptors (Lipinski definition) is 3. The van der Waals surface area contributed by atoms with Gasteiger partial charge in [0.2, 0.25) is 5.91 Å². The highest BCUT2D eigenvalue weighted by Crippen LogP contribution is 2.18. The molecule has 0 aliphatic carbocycles. The van der Waals surface area contributed by atoms with Crippen molar-refractivity contribution in [1.29, 1.82) is 0 Å². The van der Waals surface area contributed by atoms with Gasteiger partial charge in [-0.2, -0.15) is 0 Å². The molecule has 0 saturated carbocycles. The van der Waals surface area contributed by atoms with Crippen LogP contribution in [-0.2, 0) is 9.53 Å². The largest absolute Gasteiger partial charge is 0.491 e. The fourth-order valence-corrected chi connectivity index (χ4v) is 1.16. The van der Waals surface area contributed by atoms with E-state index >= 15 is 0 Å². The molecule has 4 heteroatoms. The van der Waals surface area contributed by atoms with Crippen LogP contribution in [0, 0.1) is 0 Å². The van der Waals surface area contributed by atoms with Gasteiger partial charge < -0.3 is 15.2 Å². The molecule has 1 rings (SSSR count). The molecule has 1 aromatic rings. The van der Waals surface area contributed by atoms with Gasteiger partial charge in [0.15, 0.2) is 0 Å². The number of amides is 1. The second kappa shape index (κ2) is 5.92. The molecule has 0 aliphatic heterocycles. The lowest BCUT2D eigenvalue weighted by molar-refractivity contribution is -0.112. The molecule has 86 valence electrons. The fourth-order valence-electron chi connectivity index (χ4n) is 1.16. The predicted octanol–water partition coefficient (Wildman–Crippen LogP) is 1.21. The monoisotopic (exact) mass is 221 g/mol. The molecule has 1 aromatic carbocycles. The van der Waals surface area contributed by atoms with Gasteiger partial charge in [-0.05, 0) is 17.7 Å². The van der Waals surface area contributed by atoms with Gasteiger partial charge >= 0.3 is 0 Å². The summed E-state index contributed by atoms with van der Waals surface area (Å²) in [5, 5.41) is 0. The Bertz CT molecular complexity index is 388. The first-order valence-corrected chi connectivity index (χ1v) is 4.86. The minimum atomic E-state index is -0.533. The van der Waals surface area contributed by atoms with Crippen LogP contribution in [0.1, 0.15) is 5.56 Å². The first kappa shape index (κ1) is 12.3. The number of carbonyl (C=O) groups is 1. The molecule has 0 heterocycles. The molecule has 1 amide bonds. The van der Waals surface area contributed by atoms with E-state index in [9.17, 15) is 4.79 Å². The van der Waals surface area contributed by atoms with Crippen LogP contribution in [0.4, 0.5) is 0 Å². The third-order valence-electron chi connectivity index (χ3n) is 2.04. The predicted molar refractivity (Wildman–Crippen MR) is 62.0 cm³/mol. The fraction of sp³-hybridized carbons (Fsp3) is 0.250. The Morgan fingerprint density at radius 3 is 2.81 bits per heavy atom. The van der Waals surface area contributed by atoms with Crippen LogP contribution in [0.25, 0.3) is 5.57 Å². The Morgan fingerprint density at radius 1 is 1.44 bits per heavy atom. The van der Waals surface area contributed by atoms with Gasteiger partial charge in [0.25, 0.3) is 0 Å². The lowest BCUT2D eigenvalue weighted by Gasteiger charge is -2.07. The molecule has 0 aromatic heterocycles. The first-order valence-electron chi connectivity index (χ1n) is 4.86. The third kappa shape index (κ3) is 3.40. The van der Waals surface area contributed by atoms with E-state index < -0.39 is 5.91 Å². The van der Waals surface area contributed by atoms with Crippen molar-refractivity contribution in [2.24, 2.45) is 5.73 Å². The number of ether oxygens (including phenoxy) is 2. The molecule has 0 bridgehead atoms.